The Labute approximate surface area is 105 Å². The molecule has 0 unspecified atom stereocenters. The maximum absolute atomic E-state index is 12.5. The summed E-state index contributed by atoms with van der Waals surface area (Å²) in [5.41, 5.74) is 1.34. The van der Waals surface area contributed by atoms with Crippen LogP contribution in [0.2, 0.25) is 0 Å². The standard InChI is InChI=1S/C12H9F3N4/c1-19-11-9(6-16-19)17-10(18-11)7-2-4-8(5-3-7)12(13,14)15/h2-6H,1H3,(H,17,18). The molecule has 4 nitrogen and oxygen atoms in total. The Morgan fingerprint density at radius 3 is 2.42 bits per heavy atom. The van der Waals surface area contributed by atoms with Crippen molar-refractivity contribution in [2.45, 2.75) is 6.18 Å². The van der Waals surface area contributed by atoms with Gasteiger partial charge < -0.3 is 4.98 Å². The van der Waals surface area contributed by atoms with Crippen LogP contribution in [0.15, 0.2) is 30.5 Å². The summed E-state index contributed by atoms with van der Waals surface area (Å²) >= 11 is 0. The van der Waals surface area contributed by atoms with Gasteiger partial charge >= 0.3 is 6.18 Å². The van der Waals surface area contributed by atoms with Gasteiger partial charge in [0.1, 0.15) is 11.3 Å². The molecule has 0 aliphatic rings. The molecular weight excluding hydrogens is 257 g/mol. The smallest absolute Gasteiger partial charge is 0.335 e. The summed E-state index contributed by atoms with van der Waals surface area (Å²) in [4.78, 5) is 7.31. The van der Waals surface area contributed by atoms with Crippen LogP contribution in [0.25, 0.3) is 22.6 Å². The van der Waals surface area contributed by atoms with Gasteiger partial charge in [-0.25, -0.2) is 9.67 Å². The number of fused-ring (bicyclic) bond motifs is 1. The number of alkyl halides is 3. The molecule has 3 rings (SSSR count). The van der Waals surface area contributed by atoms with E-state index >= 15 is 0 Å². The molecule has 3 aromatic rings. The lowest BCUT2D eigenvalue weighted by Crippen LogP contribution is -2.04. The monoisotopic (exact) mass is 266 g/mol. The number of rotatable bonds is 1. The Morgan fingerprint density at radius 1 is 1.16 bits per heavy atom. The molecule has 7 heteroatoms. The molecule has 2 heterocycles. The number of hydrogen-bond donors (Lipinski definition) is 1. The number of aromatic amines is 1. The van der Waals surface area contributed by atoms with Crippen molar-refractivity contribution in [2.75, 3.05) is 0 Å². The van der Waals surface area contributed by atoms with Crippen LogP contribution >= 0.6 is 0 Å². The SMILES string of the molecule is Cn1ncc2[nH]c(-c3ccc(C(F)(F)F)cc3)nc21. The summed E-state index contributed by atoms with van der Waals surface area (Å²) in [6.07, 6.45) is -2.70. The Morgan fingerprint density at radius 2 is 1.84 bits per heavy atom. The van der Waals surface area contributed by atoms with Gasteiger partial charge in [0.2, 0.25) is 0 Å². The fraction of sp³-hybridized carbons (Fsp3) is 0.167. The van der Waals surface area contributed by atoms with Gasteiger partial charge in [0.05, 0.1) is 11.8 Å². The van der Waals surface area contributed by atoms with Crippen LogP contribution in [0.4, 0.5) is 13.2 Å². The largest absolute Gasteiger partial charge is 0.416 e. The van der Waals surface area contributed by atoms with Crippen LogP contribution < -0.4 is 0 Å². The summed E-state index contributed by atoms with van der Waals surface area (Å²) in [6.45, 7) is 0. The summed E-state index contributed by atoms with van der Waals surface area (Å²) < 4.78 is 39.0. The van der Waals surface area contributed by atoms with Crippen LogP contribution in [-0.2, 0) is 13.2 Å². The Bertz CT molecular complexity index is 722. The second-order valence-corrected chi connectivity index (χ2v) is 4.17. The minimum atomic E-state index is -4.32. The highest BCUT2D eigenvalue weighted by Crippen LogP contribution is 2.30. The predicted molar refractivity (Wildman–Crippen MR) is 63.3 cm³/mol. The van der Waals surface area contributed by atoms with E-state index in [1.165, 1.54) is 12.1 Å². The van der Waals surface area contributed by atoms with E-state index in [0.29, 0.717) is 17.0 Å². The highest BCUT2D eigenvalue weighted by Gasteiger charge is 2.30. The van der Waals surface area contributed by atoms with Crippen molar-refractivity contribution in [1.82, 2.24) is 19.7 Å². The summed E-state index contributed by atoms with van der Waals surface area (Å²) in [5.74, 6) is 0.525. The third-order valence-electron chi connectivity index (χ3n) is 2.86. The molecule has 0 atom stereocenters. The maximum Gasteiger partial charge on any atom is 0.416 e. The van der Waals surface area contributed by atoms with Gasteiger partial charge in [0.25, 0.3) is 0 Å². The second kappa shape index (κ2) is 3.84. The number of benzene rings is 1. The lowest BCUT2D eigenvalue weighted by molar-refractivity contribution is -0.137. The minimum Gasteiger partial charge on any atom is -0.335 e. The van der Waals surface area contributed by atoms with Crippen LogP contribution in [0.1, 0.15) is 5.56 Å². The number of H-pyrrole nitrogens is 1. The normalized spacial score (nSPS) is 12.2. The Kier molecular flexibility index (Phi) is 2.38. The van der Waals surface area contributed by atoms with Crippen LogP contribution in [0.5, 0.6) is 0 Å². The first kappa shape index (κ1) is 11.8. The molecule has 0 radical (unpaired) electrons. The average Bonchev–Trinajstić information content (AvgIpc) is 2.91. The summed E-state index contributed by atoms with van der Waals surface area (Å²) in [6, 6.07) is 4.88. The van der Waals surface area contributed by atoms with E-state index in [1.807, 2.05) is 0 Å². The summed E-state index contributed by atoms with van der Waals surface area (Å²) in [7, 11) is 1.75. The molecule has 19 heavy (non-hydrogen) atoms. The van der Waals surface area contributed by atoms with E-state index in [-0.39, 0.29) is 0 Å². The zero-order valence-corrected chi connectivity index (χ0v) is 9.86. The zero-order chi connectivity index (χ0) is 13.6. The topological polar surface area (TPSA) is 46.5 Å². The molecule has 0 saturated carbocycles. The number of halogens is 3. The molecule has 0 saturated heterocycles. The lowest BCUT2D eigenvalue weighted by atomic mass is 10.1. The average molecular weight is 266 g/mol. The fourth-order valence-corrected chi connectivity index (χ4v) is 1.87. The number of hydrogen-bond acceptors (Lipinski definition) is 2. The van der Waals surface area contributed by atoms with E-state index in [4.69, 9.17) is 0 Å². The molecule has 0 fully saturated rings. The van der Waals surface area contributed by atoms with Crippen molar-refractivity contribution < 1.29 is 13.2 Å². The van der Waals surface area contributed by atoms with Crippen molar-refractivity contribution in [1.29, 1.82) is 0 Å². The molecule has 0 bridgehead atoms. The molecular formula is C12H9F3N4. The first-order chi connectivity index (χ1) is 8.95. The van der Waals surface area contributed by atoms with Gasteiger partial charge in [-0.15, -0.1) is 0 Å². The molecule has 0 amide bonds. The van der Waals surface area contributed by atoms with E-state index < -0.39 is 11.7 Å². The molecule has 98 valence electrons. The molecule has 1 N–H and O–H groups in total. The minimum absolute atomic E-state index is 0.525. The highest BCUT2D eigenvalue weighted by atomic mass is 19.4. The van der Waals surface area contributed by atoms with Crippen LogP contribution in [0, 0.1) is 0 Å². The maximum atomic E-state index is 12.5. The van der Waals surface area contributed by atoms with E-state index in [9.17, 15) is 13.2 Å². The quantitative estimate of drug-likeness (QED) is 0.736. The number of aromatic nitrogens is 4. The predicted octanol–water partition coefficient (Wildman–Crippen LogP) is 2.98. The van der Waals surface area contributed by atoms with Gasteiger partial charge in [-0.1, -0.05) is 12.1 Å². The van der Waals surface area contributed by atoms with Gasteiger partial charge in [-0.3, -0.25) is 0 Å². The number of aryl methyl sites for hydroxylation is 1. The third-order valence-corrected chi connectivity index (χ3v) is 2.86. The van der Waals surface area contributed by atoms with Crippen LogP contribution in [0.3, 0.4) is 0 Å². The number of nitrogens with zero attached hydrogens (tertiary/aromatic N) is 3. The lowest BCUT2D eigenvalue weighted by Gasteiger charge is -2.06. The first-order valence-electron chi connectivity index (χ1n) is 5.50. The molecule has 0 aliphatic heterocycles. The van der Waals surface area contributed by atoms with E-state index in [2.05, 4.69) is 15.1 Å². The van der Waals surface area contributed by atoms with E-state index in [1.54, 1.807) is 17.9 Å². The van der Waals surface area contributed by atoms with Gasteiger partial charge in [-0.05, 0) is 12.1 Å². The molecule has 0 aliphatic carbocycles. The van der Waals surface area contributed by atoms with Crippen molar-refractivity contribution in [3.05, 3.63) is 36.0 Å². The van der Waals surface area contributed by atoms with Crippen molar-refractivity contribution in [3.8, 4) is 11.4 Å². The molecule has 1 aromatic carbocycles. The zero-order valence-electron chi connectivity index (χ0n) is 9.86. The number of nitrogens with one attached hydrogen (secondary N) is 1. The fourth-order valence-electron chi connectivity index (χ4n) is 1.87. The van der Waals surface area contributed by atoms with Crippen molar-refractivity contribution in [2.24, 2.45) is 7.05 Å². The third kappa shape index (κ3) is 1.96. The number of imidazole rings is 1. The Hall–Kier alpha value is -2.31. The van der Waals surface area contributed by atoms with Gasteiger partial charge in [0.15, 0.2) is 5.65 Å². The van der Waals surface area contributed by atoms with Gasteiger partial charge in [0, 0.05) is 12.6 Å². The molecule has 2 aromatic heterocycles. The summed E-state index contributed by atoms with van der Waals surface area (Å²) in [5, 5.41) is 4.01. The molecule has 0 spiro atoms. The van der Waals surface area contributed by atoms with Gasteiger partial charge in [-0.2, -0.15) is 18.3 Å². The Balaban J connectivity index is 2.02. The van der Waals surface area contributed by atoms with E-state index in [0.717, 1.165) is 17.6 Å². The first-order valence-corrected chi connectivity index (χ1v) is 5.50. The van der Waals surface area contributed by atoms with Crippen LogP contribution in [-0.4, -0.2) is 19.7 Å². The van der Waals surface area contributed by atoms with Crippen molar-refractivity contribution >= 4 is 11.2 Å². The highest BCUT2D eigenvalue weighted by molar-refractivity contribution is 5.75. The second-order valence-electron chi connectivity index (χ2n) is 4.17. The van der Waals surface area contributed by atoms with Crippen molar-refractivity contribution in [3.63, 3.8) is 0 Å².